The second kappa shape index (κ2) is 7.35. The number of carbonyl (C=O) groups excluding carboxylic acids is 2. The summed E-state index contributed by atoms with van der Waals surface area (Å²) in [6.07, 6.45) is 1.22. The van der Waals surface area contributed by atoms with Crippen LogP contribution in [0, 0.1) is 0 Å². The van der Waals surface area contributed by atoms with Crippen LogP contribution in [0.1, 0.15) is 32.8 Å². The molecular weight excluding hydrogens is 300 g/mol. The second-order valence-corrected chi connectivity index (χ2v) is 5.89. The fourth-order valence-corrected chi connectivity index (χ4v) is 3.37. The minimum atomic E-state index is -0.243. The van der Waals surface area contributed by atoms with E-state index in [9.17, 15) is 9.59 Å². The number of ether oxygens (including phenoxy) is 1. The summed E-state index contributed by atoms with van der Waals surface area (Å²) in [5.74, 6) is -0.486. The molecular formula is C16H20N2O3S. The first-order valence-electron chi connectivity index (χ1n) is 7.38. The number of carbonyl (C=O) groups is 2. The smallest absolute Gasteiger partial charge is 0.307 e. The quantitative estimate of drug-likeness (QED) is 0.796. The minimum absolute atomic E-state index is 0.242. The maximum atomic E-state index is 11.6. The fourth-order valence-electron chi connectivity index (χ4n) is 2.21. The van der Waals surface area contributed by atoms with E-state index in [1.54, 1.807) is 6.92 Å². The van der Waals surface area contributed by atoms with E-state index in [1.165, 1.54) is 23.8 Å². The van der Waals surface area contributed by atoms with Crippen LogP contribution >= 0.6 is 11.3 Å². The number of esters is 1. The van der Waals surface area contributed by atoms with Gasteiger partial charge in [0.2, 0.25) is 5.91 Å². The number of thiazole rings is 1. The summed E-state index contributed by atoms with van der Waals surface area (Å²) in [5, 5.41) is 0. The first-order valence-corrected chi connectivity index (χ1v) is 8.20. The largest absolute Gasteiger partial charge is 0.466 e. The molecule has 0 aliphatic carbocycles. The van der Waals surface area contributed by atoms with Gasteiger partial charge in [-0.15, -0.1) is 0 Å². The van der Waals surface area contributed by atoms with Gasteiger partial charge in [-0.3, -0.25) is 9.59 Å². The number of nitrogens with zero attached hydrogens (tertiary/aromatic N) is 2. The molecule has 1 aromatic heterocycles. The molecule has 0 atom stereocenters. The van der Waals surface area contributed by atoms with Crippen LogP contribution in [-0.4, -0.2) is 23.1 Å². The molecule has 118 valence electrons. The van der Waals surface area contributed by atoms with Crippen LogP contribution in [0.5, 0.6) is 0 Å². The highest BCUT2D eigenvalue weighted by atomic mass is 32.1. The lowest BCUT2D eigenvalue weighted by atomic mass is 10.2. The third-order valence-corrected chi connectivity index (χ3v) is 4.29. The standard InChI is InChI=1S/C16H20N2O3S/c1-4-12-6-7-13-14(10-12)22-16(17-11(3)19)18(13)9-8-15(20)21-5-2/h6-7,10H,4-5,8-9H2,1-3H3. The van der Waals surface area contributed by atoms with E-state index >= 15 is 0 Å². The van der Waals surface area contributed by atoms with Crippen LogP contribution in [0.4, 0.5) is 0 Å². The van der Waals surface area contributed by atoms with Crippen molar-refractivity contribution in [2.45, 2.75) is 40.2 Å². The van der Waals surface area contributed by atoms with Gasteiger partial charge in [0.05, 0.1) is 23.2 Å². The zero-order valence-electron chi connectivity index (χ0n) is 13.1. The monoisotopic (exact) mass is 320 g/mol. The van der Waals surface area contributed by atoms with Crippen LogP contribution in [0.2, 0.25) is 0 Å². The lowest BCUT2D eigenvalue weighted by molar-refractivity contribution is -0.143. The second-order valence-electron chi connectivity index (χ2n) is 4.88. The third-order valence-electron chi connectivity index (χ3n) is 3.25. The van der Waals surface area contributed by atoms with Crippen molar-refractivity contribution in [3.8, 4) is 0 Å². The Morgan fingerprint density at radius 2 is 2.09 bits per heavy atom. The van der Waals surface area contributed by atoms with Gasteiger partial charge in [-0.05, 0) is 31.0 Å². The van der Waals surface area contributed by atoms with E-state index in [1.807, 2.05) is 10.6 Å². The molecule has 1 amide bonds. The average Bonchev–Trinajstić information content (AvgIpc) is 2.80. The van der Waals surface area contributed by atoms with Crippen molar-refractivity contribution in [1.82, 2.24) is 4.57 Å². The Hall–Kier alpha value is -1.95. The lowest BCUT2D eigenvalue weighted by Crippen LogP contribution is -2.19. The van der Waals surface area contributed by atoms with Crippen molar-refractivity contribution in [2.24, 2.45) is 4.99 Å². The highest BCUT2D eigenvalue weighted by Crippen LogP contribution is 2.20. The van der Waals surface area contributed by atoms with Gasteiger partial charge in [0.15, 0.2) is 4.80 Å². The Balaban J connectivity index is 2.44. The summed E-state index contributed by atoms with van der Waals surface area (Å²) in [4.78, 5) is 27.6. The zero-order valence-corrected chi connectivity index (χ0v) is 13.9. The van der Waals surface area contributed by atoms with Gasteiger partial charge in [0, 0.05) is 13.5 Å². The maximum Gasteiger partial charge on any atom is 0.307 e. The van der Waals surface area contributed by atoms with Gasteiger partial charge in [-0.2, -0.15) is 4.99 Å². The molecule has 0 unspecified atom stereocenters. The molecule has 0 fully saturated rings. The van der Waals surface area contributed by atoms with Crippen molar-refractivity contribution in [2.75, 3.05) is 6.61 Å². The van der Waals surface area contributed by atoms with Gasteiger partial charge in [-0.1, -0.05) is 24.3 Å². The molecule has 1 heterocycles. The SMILES string of the molecule is CCOC(=O)CCn1c(=NC(C)=O)sc2cc(CC)ccc21. The van der Waals surface area contributed by atoms with Crippen LogP contribution in [0.3, 0.4) is 0 Å². The van der Waals surface area contributed by atoms with Gasteiger partial charge < -0.3 is 9.30 Å². The summed E-state index contributed by atoms with van der Waals surface area (Å²) in [6.45, 7) is 6.14. The van der Waals surface area contributed by atoms with Gasteiger partial charge in [0.25, 0.3) is 0 Å². The zero-order chi connectivity index (χ0) is 16.1. The summed E-state index contributed by atoms with van der Waals surface area (Å²) in [6, 6.07) is 6.20. The molecule has 1 aromatic carbocycles. The molecule has 0 radical (unpaired) electrons. The summed E-state index contributed by atoms with van der Waals surface area (Å²) < 4.78 is 7.95. The van der Waals surface area contributed by atoms with E-state index in [-0.39, 0.29) is 18.3 Å². The van der Waals surface area contributed by atoms with E-state index in [0.717, 1.165) is 16.6 Å². The number of benzene rings is 1. The number of hydrogen-bond donors (Lipinski definition) is 0. The molecule has 0 aliphatic heterocycles. The van der Waals surface area contributed by atoms with E-state index in [0.29, 0.717) is 18.0 Å². The first kappa shape index (κ1) is 16.4. The van der Waals surface area contributed by atoms with E-state index in [2.05, 4.69) is 24.0 Å². The van der Waals surface area contributed by atoms with Crippen molar-refractivity contribution in [3.63, 3.8) is 0 Å². The molecule has 2 rings (SSSR count). The molecule has 0 saturated carbocycles. The van der Waals surface area contributed by atoms with Crippen LogP contribution in [0.25, 0.3) is 10.2 Å². The predicted molar refractivity (Wildman–Crippen MR) is 86.7 cm³/mol. The fraction of sp³-hybridized carbons (Fsp3) is 0.438. The van der Waals surface area contributed by atoms with Gasteiger partial charge in [-0.25, -0.2) is 0 Å². The number of rotatable bonds is 5. The number of hydrogen-bond acceptors (Lipinski definition) is 4. The van der Waals surface area contributed by atoms with Gasteiger partial charge >= 0.3 is 5.97 Å². The molecule has 5 nitrogen and oxygen atoms in total. The summed E-state index contributed by atoms with van der Waals surface area (Å²) in [5.41, 5.74) is 2.23. The molecule has 6 heteroatoms. The Labute approximate surface area is 133 Å². The molecule has 0 spiro atoms. The molecule has 0 aliphatic rings. The molecule has 2 aromatic rings. The van der Waals surface area contributed by atoms with Crippen LogP contribution in [0.15, 0.2) is 23.2 Å². The first-order chi connectivity index (χ1) is 10.5. The van der Waals surface area contributed by atoms with Gasteiger partial charge in [0.1, 0.15) is 0 Å². The third kappa shape index (κ3) is 3.82. The minimum Gasteiger partial charge on any atom is -0.466 e. The maximum absolute atomic E-state index is 11.6. The number of aryl methyl sites for hydroxylation is 2. The lowest BCUT2D eigenvalue weighted by Gasteiger charge is -2.05. The molecule has 0 saturated heterocycles. The number of aromatic nitrogens is 1. The van der Waals surface area contributed by atoms with Crippen LogP contribution in [-0.2, 0) is 27.3 Å². The molecule has 0 N–H and O–H groups in total. The Bertz CT molecular complexity index is 758. The predicted octanol–water partition coefficient (Wildman–Crippen LogP) is 2.67. The summed E-state index contributed by atoms with van der Waals surface area (Å²) >= 11 is 1.47. The number of amides is 1. The van der Waals surface area contributed by atoms with E-state index in [4.69, 9.17) is 4.74 Å². The Morgan fingerprint density at radius 1 is 1.32 bits per heavy atom. The highest BCUT2D eigenvalue weighted by Gasteiger charge is 2.10. The highest BCUT2D eigenvalue weighted by molar-refractivity contribution is 7.16. The van der Waals surface area contributed by atoms with Crippen molar-refractivity contribution < 1.29 is 14.3 Å². The van der Waals surface area contributed by atoms with Crippen LogP contribution < -0.4 is 4.80 Å². The number of fused-ring (bicyclic) bond motifs is 1. The van der Waals surface area contributed by atoms with Crippen molar-refractivity contribution in [1.29, 1.82) is 0 Å². The summed E-state index contributed by atoms with van der Waals surface area (Å²) in [7, 11) is 0. The normalized spacial score (nSPS) is 11.9. The Morgan fingerprint density at radius 3 is 2.73 bits per heavy atom. The average molecular weight is 320 g/mol. The van der Waals surface area contributed by atoms with E-state index < -0.39 is 0 Å². The molecule has 22 heavy (non-hydrogen) atoms. The molecule has 0 bridgehead atoms. The van der Waals surface area contributed by atoms with Crippen molar-refractivity contribution in [3.05, 3.63) is 28.6 Å². The van der Waals surface area contributed by atoms with Crippen molar-refractivity contribution >= 4 is 33.4 Å². The Kier molecular flexibility index (Phi) is 5.49. The topological polar surface area (TPSA) is 60.7 Å².